The summed E-state index contributed by atoms with van der Waals surface area (Å²) in [6.07, 6.45) is 0. The summed E-state index contributed by atoms with van der Waals surface area (Å²) in [5.41, 5.74) is 2.53. The van der Waals surface area contributed by atoms with Crippen molar-refractivity contribution >= 4 is 10.8 Å². The van der Waals surface area contributed by atoms with Gasteiger partial charge in [-0.2, -0.15) is 0 Å². The van der Waals surface area contributed by atoms with E-state index >= 15 is 0 Å². The Morgan fingerprint density at radius 3 is 2.48 bits per heavy atom. The second-order valence-electron chi connectivity index (χ2n) is 5.43. The van der Waals surface area contributed by atoms with Gasteiger partial charge in [-0.3, -0.25) is 0 Å². The Labute approximate surface area is 125 Å². The van der Waals surface area contributed by atoms with E-state index < -0.39 is 0 Å². The third kappa shape index (κ3) is 2.59. The highest BCUT2D eigenvalue weighted by Gasteiger charge is 2.20. The predicted molar refractivity (Wildman–Crippen MR) is 87.6 cm³/mol. The summed E-state index contributed by atoms with van der Waals surface area (Å²) in [7, 11) is 0. The molecule has 0 amide bonds. The lowest BCUT2D eigenvalue weighted by atomic mass is 9.94. The smallest absolute Gasteiger partial charge is 0.106 e. The number of rotatable bonds is 4. The molecule has 0 spiro atoms. The Balaban J connectivity index is 2.18. The Hall–Kier alpha value is -2.06. The summed E-state index contributed by atoms with van der Waals surface area (Å²) in [6, 6.07) is 17.3. The first-order valence-electron chi connectivity index (χ1n) is 7.48. The fraction of sp³-hybridized carbons (Fsp3) is 0.263. The molecule has 0 aliphatic carbocycles. The van der Waals surface area contributed by atoms with Crippen LogP contribution in [0.4, 0.5) is 0 Å². The fourth-order valence-corrected chi connectivity index (χ4v) is 3.03. The summed E-state index contributed by atoms with van der Waals surface area (Å²) in [6.45, 7) is 7.10. The largest absolute Gasteiger partial charge is 0.466 e. The molecule has 0 aliphatic heterocycles. The topological polar surface area (TPSA) is 25.2 Å². The van der Waals surface area contributed by atoms with Crippen LogP contribution in [-0.2, 0) is 0 Å². The van der Waals surface area contributed by atoms with Crippen molar-refractivity contribution in [1.82, 2.24) is 5.32 Å². The van der Waals surface area contributed by atoms with Crippen molar-refractivity contribution in [2.45, 2.75) is 26.8 Å². The first kappa shape index (κ1) is 13.9. The van der Waals surface area contributed by atoms with Crippen LogP contribution in [-0.4, -0.2) is 6.54 Å². The molecule has 0 bridgehead atoms. The Bertz CT molecular complexity index is 752. The molecule has 0 aliphatic rings. The van der Waals surface area contributed by atoms with Crippen LogP contribution in [0, 0.1) is 13.8 Å². The molecule has 0 saturated carbocycles. The van der Waals surface area contributed by atoms with Crippen LogP contribution in [0.25, 0.3) is 10.8 Å². The van der Waals surface area contributed by atoms with Gasteiger partial charge in [0.05, 0.1) is 6.04 Å². The van der Waals surface area contributed by atoms with Gasteiger partial charge in [-0.25, -0.2) is 0 Å². The van der Waals surface area contributed by atoms with Crippen LogP contribution >= 0.6 is 0 Å². The Morgan fingerprint density at radius 2 is 1.76 bits per heavy atom. The van der Waals surface area contributed by atoms with Gasteiger partial charge in [0.15, 0.2) is 0 Å². The number of hydrogen-bond acceptors (Lipinski definition) is 2. The summed E-state index contributed by atoms with van der Waals surface area (Å²) < 4.78 is 5.74. The quantitative estimate of drug-likeness (QED) is 0.745. The first-order chi connectivity index (χ1) is 10.2. The van der Waals surface area contributed by atoms with E-state index in [0.29, 0.717) is 0 Å². The molecule has 2 nitrogen and oxygen atoms in total. The number of furan rings is 1. The highest BCUT2D eigenvalue weighted by atomic mass is 16.3. The molecule has 2 heteroatoms. The lowest BCUT2D eigenvalue weighted by molar-refractivity contribution is 0.495. The minimum atomic E-state index is 0.165. The lowest BCUT2D eigenvalue weighted by Crippen LogP contribution is -2.22. The second kappa shape index (κ2) is 5.74. The summed E-state index contributed by atoms with van der Waals surface area (Å²) >= 11 is 0. The van der Waals surface area contributed by atoms with E-state index in [2.05, 4.69) is 60.8 Å². The van der Waals surface area contributed by atoms with Crippen molar-refractivity contribution in [1.29, 1.82) is 0 Å². The highest BCUT2D eigenvalue weighted by Crippen LogP contribution is 2.32. The van der Waals surface area contributed by atoms with E-state index in [1.807, 2.05) is 13.8 Å². The standard InChI is InChI=1S/C19H21NO/c1-4-20-19(18-12-13(2)21-14(18)3)17-11-7-9-15-8-5-6-10-16(15)17/h5-12,19-20H,4H2,1-3H3. The van der Waals surface area contributed by atoms with Gasteiger partial charge in [0, 0.05) is 5.56 Å². The van der Waals surface area contributed by atoms with Crippen molar-refractivity contribution in [3.63, 3.8) is 0 Å². The molecular weight excluding hydrogens is 258 g/mol. The Morgan fingerprint density at radius 1 is 1.00 bits per heavy atom. The summed E-state index contributed by atoms with van der Waals surface area (Å²) in [5, 5.41) is 6.17. The number of nitrogens with one attached hydrogen (secondary N) is 1. The molecule has 1 N–H and O–H groups in total. The van der Waals surface area contributed by atoms with Gasteiger partial charge in [-0.05, 0) is 42.8 Å². The van der Waals surface area contributed by atoms with E-state index in [4.69, 9.17) is 4.42 Å². The van der Waals surface area contributed by atoms with Gasteiger partial charge in [0.2, 0.25) is 0 Å². The van der Waals surface area contributed by atoms with Crippen LogP contribution in [0.5, 0.6) is 0 Å². The molecule has 1 aromatic heterocycles. The maximum absolute atomic E-state index is 5.74. The average Bonchev–Trinajstić information content (AvgIpc) is 2.83. The zero-order chi connectivity index (χ0) is 14.8. The predicted octanol–water partition coefficient (Wildman–Crippen LogP) is 4.75. The van der Waals surface area contributed by atoms with Gasteiger partial charge in [0.25, 0.3) is 0 Å². The van der Waals surface area contributed by atoms with Crippen molar-refractivity contribution in [2.24, 2.45) is 0 Å². The van der Waals surface area contributed by atoms with Crippen LogP contribution in [0.2, 0.25) is 0 Å². The number of fused-ring (bicyclic) bond motifs is 1. The van der Waals surface area contributed by atoms with Crippen LogP contribution in [0.15, 0.2) is 52.9 Å². The summed E-state index contributed by atoms with van der Waals surface area (Å²) in [5.74, 6) is 1.96. The van der Waals surface area contributed by atoms with E-state index in [1.54, 1.807) is 0 Å². The van der Waals surface area contributed by atoms with Crippen molar-refractivity contribution in [3.05, 3.63) is 71.2 Å². The van der Waals surface area contributed by atoms with Gasteiger partial charge in [-0.15, -0.1) is 0 Å². The van der Waals surface area contributed by atoms with Gasteiger partial charge >= 0.3 is 0 Å². The molecule has 0 saturated heterocycles. The van der Waals surface area contributed by atoms with Crippen LogP contribution in [0.1, 0.15) is 35.6 Å². The van der Waals surface area contributed by atoms with Crippen molar-refractivity contribution in [2.75, 3.05) is 6.54 Å². The van der Waals surface area contributed by atoms with Gasteiger partial charge < -0.3 is 9.73 Å². The van der Waals surface area contributed by atoms with E-state index in [9.17, 15) is 0 Å². The molecular formula is C19H21NO. The molecule has 0 radical (unpaired) electrons. The molecule has 1 atom stereocenters. The zero-order valence-electron chi connectivity index (χ0n) is 12.8. The highest BCUT2D eigenvalue weighted by molar-refractivity contribution is 5.86. The van der Waals surface area contributed by atoms with Gasteiger partial charge in [-0.1, -0.05) is 49.4 Å². The van der Waals surface area contributed by atoms with E-state index in [1.165, 1.54) is 21.9 Å². The van der Waals surface area contributed by atoms with E-state index in [0.717, 1.165) is 18.1 Å². The third-order valence-corrected chi connectivity index (χ3v) is 3.93. The monoisotopic (exact) mass is 279 g/mol. The van der Waals surface area contributed by atoms with E-state index in [-0.39, 0.29) is 6.04 Å². The minimum Gasteiger partial charge on any atom is -0.466 e. The maximum atomic E-state index is 5.74. The molecule has 3 aromatic rings. The molecule has 21 heavy (non-hydrogen) atoms. The molecule has 1 unspecified atom stereocenters. The average molecular weight is 279 g/mol. The SMILES string of the molecule is CCNC(c1cc(C)oc1C)c1cccc2ccccc12. The molecule has 3 rings (SSSR count). The zero-order valence-corrected chi connectivity index (χ0v) is 12.8. The molecule has 108 valence electrons. The number of benzene rings is 2. The second-order valence-corrected chi connectivity index (χ2v) is 5.43. The molecule has 2 aromatic carbocycles. The molecule has 0 fully saturated rings. The Kier molecular flexibility index (Phi) is 3.80. The van der Waals surface area contributed by atoms with Gasteiger partial charge in [0.1, 0.15) is 11.5 Å². The number of aryl methyl sites for hydroxylation is 2. The fourth-order valence-electron chi connectivity index (χ4n) is 3.03. The molecule has 1 heterocycles. The van der Waals surface area contributed by atoms with Crippen LogP contribution in [0.3, 0.4) is 0 Å². The third-order valence-electron chi connectivity index (χ3n) is 3.93. The summed E-state index contributed by atoms with van der Waals surface area (Å²) in [4.78, 5) is 0. The van der Waals surface area contributed by atoms with Crippen molar-refractivity contribution < 1.29 is 4.42 Å². The number of hydrogen-bond donors (Lipinski definition) is 1. The normalized spacial score (nSPS) is 12.7. The van der Waals surface area contributed by atoms with Crippen molar-refractivity contribution in [3.8, 4) is 0 Å². The van der Waals surface area contributed by atoms with Crippen LogP contribution < -0.4 is 5.32 Å². The maximum Gasteiger partial charge on any atom is 0.106 e. The minimum absolute atomic E-state index is 0.165. The first-order valence-corrected chi connectivity index (χ1v) is 7.48. The lowest BCUT2D eigenvalue weighted by Gasteiger charge is -2.20.